The Kier molecular flexibility index (Phi) is 5.94. The first-order valence-electron chi connectivity index (χ1n) is 9.69. The minimum atomic E-state index is -0.110. The molecule has 4 rings (SSSR count). The predicted octanol–water partition coefficient (Wildman–Crippen LogP) is 2.84. The summed E-state index contributed by atoms with van der Waals surface area (Å²) in [6, 6.07) is 14.7. The molecule has 1 aliphatic heterocycles. The number of methoxy groups -OCH3 is 2. The van der Waals surface area contributed by atoms with Gasteiger partial charge in [-0.15, -0.1) is 0 Å². The molecular formula is C22H23N3O5. The highest BCUT2D eigenvalue weighted by Crippen LogP contribution is 2.31. The van der Waals surface area contributed by atoms with E-state index >= 15 is 0 Å². The maximum Gasteiger partial charge on any atom is 0.261 e. The Hall–Kier alpha value is -3.39. The number of carbonyl (C=O) groups is 1. The third kappa shape index (κ3) is 4.13. The van der Waals surface area contributed by atoms with Crippen LogP contribution in [0.4, 0.5) is 0 Å². The van der Waals surface area contributed by atoms with E-state index in [0.29, 0.717) is 54.9 Å². The lowest BCUT2D eigenvalue weighted by atomic mass is 10.1. The fourth-order valence-corrected chi connectivity index (χ4v) is 3.25. The lowest BCUT2D eigenvalue weighted by Crippen LogP contribution is -2.56. The molecule has 0 spiro atoms. The number of amides is 1. The monoisotopic (exact) mass is 409 g/mol. The SMILES string of the molecule is COCCc1noc(-c2ccccc2OC2CN(C(=O)c3ccccc3OC)C2)n1. The van der Waals surface area contributed by atoms with Gasteiger partial charge >= 0.3 is 0 Å². The zero-order chi connectivity index (χ0) is 20.9. The maximum atomic E-state index is 12.7. The van der Waals surface area contributed by atoms with E-state index in [4.69, 9.17) is 18.7 Å². The number of likely N-dealkylation sites (tertiary alicyclic amines) is 1. The zero-order valence-electron chi connectivity index (χ0n) is 16.9. The molecule has 2 aromatic carbocycles. The van der Waals surface area contributed by atoms with Crippen molar-refractivity contribution >= 4 is 5.91 Å². The highest BCUT2D eigenvalue weighted by molar-refractivity contribution is 5.97. The van der Waals surface area contributed by atoms with Gasteiger partial charge in [0.1, 0.15) is 17.6 Å². The van der Waals surface area contributed by atoms with E-state index in [1.807, 2.05) is 36.4 Å². The van der Waals surface area contributed by atoms with Gasteiger partial charge in [0, 0.05) is 13.5 Å². The molecule has 1 saturated heterocycles. The van der Waals surface area contributed by atoms with Gasteiger partial charge in [0.15, 0.2) is 5.82 Å². The van der Waals surface area contributed by atoms with E-state index in [1.54, 1.807) is 31.3 Å². The van der Waals surface area contributed by atoms with Crippen molar-refractivity contribution in [2.75, 3.05) is 33.9 Å². The summed E-state index contributed by atoms with van der Waals surface area (Å²) in [4.78, 5) is 18.9. The van der Waals surface area contributed by atoms with Crippen LogP contribution in [-0.4, -0.2) is 61.0 Å². The first-order chi connectivity index (χ1) is 14.7. The van der Waals surface area contributed by atoms with Crippen molar-refractivity contribution in [3.63, 3.8) is 0 Å². The summed E-state index contributed by atoms with van der Waals surface area (Å²) in [5.41, 5.74) is 1.27. The third-order valence-electron chi connectivity index (χ3n) is 4.88. The van der Waals surface area contributed by atoms with Gasteiger partial charge in [0.05, 0.1) is 37.9 Å². The molecular weight excluding hydrogens is 386 g/mol. The van der Waals surface area contributed by atoms with Crippen LogP contribution in [0.15, 0.2) is 53.1 Å². The lowest BCUT2D eigenvalue weighted by molar-refractivity contribution is 0.0177. The molecule has 3 aromatic rings. The summed E-state index contributed by atoms with van der Waals surface area (Å²) < 4.78 is 21.8. The first-order valence-corrected chi connectivity index (χ1v) is 9.69. The summed E-state index contributed by atoms with van der Waals surface area (Å²) >= 11 is 0. The fourth-order valence-electron chi connectivity index (χ4n) is 3.25. The quantitative estimate of drug-likeness (QED) is 0.565. The van der Waals surface area contributed by atoms with E-state index in [0.717, 1.165) is 5.56 Å². The van der Waals surface area contributed by atoms with Crippen LogP contribution in [0.25, 0.3) is 11.5 Å². The van der Waals surface area contributed by atoms with Gasteiger partial charge in [0.2, 0.25) is 0 Å². The van der Waals surface area contributed by atoms with Gasteiger partial charge in [-0.25, -0.2) is 0 Å². The van der Waals surface area contributed by atoms with E-state index < -0.39 is 0 Å². The molecule has 1 fully saturated rings. The Labute approximate surface area is 174 Å². The predicted molar refractivity (Wildman–Crippen MR) is 109 cm³/mol. The van der Waals surface area contributed by atoms with Crippen LogP contribution in [0.5, 0.6) is 11.5 Å². The number of ether oxygens (including phenoxy) is 3. The molecule has 1 aromatic heterocycles. The van der Waals surface area contributed by atoms with Crippen molar-refractivity contribution in [2.45, 2.75) is 12.5 Å². The molecule has 2 heterocycles. The number of aromatic nitrogens is 2. The maximum absolute atomic E-state index is 12.7. The van der Waals surface area contributed by atoms with Crippen molar-refractivity contribution in [3.8, 4) is 23.0 Å². The average Bonchev–Trinajstić information content (AvgIpc) is 3.23. The summed E-state index contributed by atoms with van der Waals surface area (Å²) in [7, 11) is 3.19. The zero-order valence-corrected chi connectivity index (χ0v) is 16.9. The third-order valence-corrected chi connectivity index (χ3v) is 4.88. The smallest absolute Gasteiger partial charge is 0.261 e. The number of hydrogen-bond donors (Lipinski definition) is 0. The Morgan fingerprint density at radius 2 is 1.83 bits per heavy atom. The number of nitrogens with zero attached hydrogens (tertiary/aromatic N) is 3. The molecule has 8 nitrogen and oxygen atoms in total. The standard InChI is InChI=1S/C22H23N3O5/c1-27-12-11-20-23-21(30-24-20)16-7-3-6-10-19(16)29-15-13-25(14-15)22(26)17-8-4-5-9-18(17)28-2/h3-10,15H,11-14H2,1-2H3. The fraction of sp³-hybridized carbons (Fsp3) is 0.318. The number of rotatable bonds is 8. The van der Waals surface area contributed by atoms with Gasteiger partial charge in [-0.2, -0.15) is 4.98 Å². The minimum absolute atomic E-state index is 0.0692. The van der Waals surface area contributed by atoms with Crippen LogP contribution in [0, 0.1) is 0 Å². The molecule has 0 unspecified atom stereocenters. The van der Waals surface area contributed by atoms with Gasteiger partial charge in [0.25, 0.3) is 11.8 Å². The van der Waals surface area contributed by atoms with Crippen molar-refractivity contribution in [1.82, 2.24) is 15.0 Å². The van der Waals surface area contributed by atoms with E-state index in [-0.39, 0.29) is 12.0 Å². The van der Waals surface area contributed by atoms with Crippen LogP contribution < -0.4 is 9.47 Å². The summed E-state index contributed by atoms with van der Waals surface area (Å²) in [6.45, 7) is 1.51. The molecule has 1 amide bonds. The van der Waals surface area contributed by atoms with Crippen molar-refractivity contribution in [1.29, 1.82) is 0 Å². The Bertz CT molecular complexity index is 1010. The van der Waals surface area contributed by atoms with E-state index in [2.05, 4.69) is 10.1 Å². The molecule has 0 radical (unpaired) electrons. The molecule has 0 atom stereocenters. The topological polar surface area (TPSA) is 86.9 Å². The second-order valence-electron chi connectivity index (χ2n) is 6.90. The van der Waals surface area contributed by atoms with Crippen molar-refractivity contribution in [3.05, 3.63) is 59.9 Å². The molecule has 0 aliphatic carbocycles. The number of carbonyl (C=O) groups excluding carboxylic acids is 1. The van der Waals surface area contributed by atoms with Crippen LogP contribution in [0.3, 0.4) is 0 Å². The first kappa shape index (κ1) is 19.9. The Balaban J connectivity index is 1.41. The molecule has 8 heteroatoms. The van der Waals surface area contributed by atoms with E-state index in [1.165, 1.54) is 0 Å². The average molecular weight is 409 g/mol. The highest BCUT2D eigenvalue weighted by Gasteiger charge is 2.34. The van der Waals surface area contributed by atoms with Crippen molar-refractivity contribution < 1.29 is 23.5 Å². The van der Waals surface area contributed by atoms with Gasteiger partial charge in [-0.3, -0.25) is 4.79 Å². The molecule has 0 N–H and O–H groups in total. The normalized spacial score (nSPS) is 13.7. The number of hydrogen-bond acceptors (Lipinski definition) is 7. The summed E-state index contributed by atoms with van der Waals surface area (Å²) in [6.07, 6.45) is 0.465. The van der Waals surface area contributed by atoms with E-state index in [9.17, 15) is 4.79 Å². The number of para-hydroxylation sites is 2. The largest absolute Gasteiger partial charge is 0.496 e. The highest BCUT2D eigenvalue weighted by atomic mass is 16.5. The second kappa shape index (κ2) is 8.96. The molecule has 1 aliphatic rings. The Morgan fingerprint density at radius 1 is 1.10 bits per heavy atom. The Morgan fingerprint density at radius 3 is 2.60 bits per heavy atom. The summed E-state index contributed by atoms with van der Waals surface area (Å²) in [5, 5.41) is 3.98. The van der Waals surface area contributed by atoms with Crippen LogP contribution >= 0.6 is 0 Å². The molecule has 0 saturated carbocycles. The molecule has 156 valence electrons. The molecule has 0 bridgehead atoms. The van der Waals surface area contributed by atoms with Crippen LogP contribution in [0.1, 0.15) is 16.2 Å². The molecule has 30 heavy (non-hydrogen) atoms. The minimum Gasteiger partial charge on any atom is -0.496 e. The van der Waals surface area contributed by atoms with Crippen LogP contribution in [0.2, 0.25) is 0 Å². The lowest BCUT2D eigenvalue weighted by Gasteiger charge is -2.39. The van der Waals surface area contributed by atoms with Gasteiger partial charge in [-0.05, 0) is 24.3 Å². The number of benzene rings is 2. The summed E-state index contributed by atoms with van der Waals surface area (Å²) in [5.74, 6) is 2.13. The van der Waals surface area contributed by atoms with Crippen molar-refractivity contribution in [2.24, 2.45) is 0 Å². The van der Waals surface area contributed by atoms with Gasteiger partial charge < -0.3 is 23.6 Å². The van der Waals surface area contributed by atoms with Gasteiger partial charge in [-0.1, -0.05) is 29.4 Å². The second-order valence-corrected chi connectivity index (χ2v) is 6.90. The van der Waals surface area contributed by atoms with Crippen LogP contribution in [-0.2, 0) is 11.2 Å².